The highest BCUT2D eigenvalue weighted by atomic mass is 79.9. The quantitative estimate of drug-likeness (QED) is 0.400. The van der Waals surface area contributed by atoms with Gasteiger partial charge in [-0.25, -0.2) is 8.78 Å². The van der Waals surface area contributed by atoms with E-state index >= 15 is 0 Å². The van der Waals surface area contributed by atoms with Gasteiger partial charge in [0.2, 0.25) is 0 Å². The van der Waals surface area contributed by atoms with Crippen LogP contribution in [0, 0.1) is 11.6 Å². The molecule has 0 aromatic heterocycles. The molecule has 0 spiro atoms. The lowest BCUT2D eigenvalue weighted by Gasteiger charge is -1.98. The van der Waals surface area contributed by atoms with Crippen molar-refractivity contribution in [1.29, 1.82) is 0 Å². The summed E-state index contributed by atoms with van der Waals surface area (Å²) in [7, 11) is 0. The SMILES string of the molecule is C.C=Cc1cc(Br)ccc1F.CCOC(C)=O.CCc1cc(Br)ccc1F. The minimum atomic E-state index is -0.238. The first-order chi connectivity index (χ1) is 12.2. The topological polar surface area (TPSA) is 26.3 Å². The summed E-state index contributed by atoms with van der Waals surface area (Å²) in [5, 5.41) is 0. The predicted molar refractivity (Wildman–Crippen MR) is 117 cm³/mol. The molecule has 0 N–H and O–H groups in total. The van der Waals surface area contributed by atoms with Crippen LogP contribution >= 0.6 is 31.9 Å². The molecule has 0 aliphatic carbocycles. The van der Waals surface area contributed by atoms with Gasteiger partial charge in [-0.15, -0.1) is 0 Å². The molecule has 0 aliphatic heterocycles. The second-order valence-electron chi connectivity index (χ2n) is 4.88. The van der Waals surface area contributed by atoms with Crippen LogP contribution in [0.2, 0.25) is 0 Å². The average molecular weight is 508 g/mol. The van der Waals surface area contributed by atoms with Crippen LogP contribution < -0.4 is 0 Å². The van der Waals surface area contributed by atoms with Gasteiger partial charge < -0.3 is 4.74 Å². The number of esters is 1. The summed E-state index contributed by atoms with van der Waals surface area (Å²) in [5.41, 5.74) is 1.28. The van der Waals surface area contributed by atoms with E-state index in [4.69, 9.17) is 0 Å². The number of carbonyl (C=O) groups is 1. The van der Waals surface area contributed by atoms with Crippen LogP contribution in [0.5, 0.6) is 0 Å². The minimum Gasteiger partial charge on any atom is -0.466 e. The molecule has 0 bridgehead atoms. The zero-order valence-electron chi connectivity index (χ0n) is 15.0. The van der Waals surface area contributed by atoms with Gasteiger partial charge in [-0.1, -0.05) is 58.9 Å². The Morgan fingerprint density at radius 1 is 1.07 bits per heavy atom. The third-order valence-corrected chi connectivity index (χ3v) is 3.90. The van der Waals surface area contributed by atoms with Crippen LogP contribution in [0.25, 0.3) is 6.08 Å². The number of aryl methyl sites for hydroxylation is 1. The van der Waals surface area contributed by atoms with Crippen molar-refractivity contribution < 1.29 is 18.3 Å². The van der Waals surface area contributed by atoms with Crippen LogP contribution in [-0.2, 0) is 16.0 Å². The Labute approximate surface area is 177 Å². The fourth-order valence-corrected chi connectivity index (χ4v) is 2.48. The van der Waals surface area contributed by atoms with Gasteiger partial charge in [-0.2, -0.15) is 0 Å². The van der Waals surface area contributed by atoms with E-state index in [-0.39, 0.29) is 25.0 Å². The monoisotopic (exact) mass is 506 g/mol. The zero-order valence-corrected chi connectivity index (χ0v) is 18.2. The van der Waals surface area contributed by atoms with Crippen molar-refractivity contribution in [2.24, 2.45) is 0 Å². The minimum absolute atomic E-state index is 0. The summed E-state index contributed by atoms with van der Waals surface area (Å²) >= 11 is 6.49. The molecule has 0 atom stereocenters. The van der Waals surface area contributed by atoms with Crippen molar-refractivity contribution >= 4 is 43.9 Å². The Hall–Kier alpha value is -1.53. The van der Waals surface area contributed by atoms with E-state index in [1.165, 1.54) is 25.1 Å². The highest BCUT2D eigenvalue weighted by Gasteiger charge is 1.98. The highest BCUT2D eigenvalue weighted by Crippen LogP contribution is 2.16. The molecule has 0 saturated heterocycles. The average Bonchev–Trinajstić information content (AvgIpc) is 2.60. The van der Waals surface area contributed by atoms with Gasteiger partial charge in [0.1, 0.15) is 11.6 Å². The molecule has 6 heteroatoms. The van der Waals surface area contributed by atoms with Gasteiger partial charge in [0.25, 0.3) is 0 Å². The summed E-state index contributed by atoms with van der Waals surface area (Å²) in [6, 6.07) is 9.72. The van der Waals surface area contributed by atoms with Gasteiger partial charge in [0, 0.05) is 21.4 Å². The molecule has 2 aromatic carbocycles. The van der Waals surface area contributed by atoms with E-state index in [9.17, 15) is 13.6 Å². The first-order valence-electron chi connectivity index (χ1n) is 7.89. The van der Waals surface area contributed by atoms with Crippen LogP contribution in [0.15, 0.2) is 51.9 Å². The molecule has 0 radical (unpaired) electrons. The summed E-state index contributed by atoms with van der Waals surface area (Å²) in [4.78, 5) is 9.82. The maximum absolute atomic E-state index is 12.7. The van der Waals surface area contributed by atoms with E-state index in [1.807, 2.05) is 6.92 Å². The van der Waals surface area contributed by atoms with Crippen molar-refractivity contribution in [3.05, 3.63) is 74.7 Å². The molecule has 2 rings (SSSR count). The molecule has 0 unspecified atom stereocenters. The lowest BCUT2D eigenvalue weighted by Crippen LogP contribution is -1.95. The molecule has 0 fully saturated rings. The number of halogens is 4. The molecular formula is C21H26Br2F2O2. The van der Waals surface area contributed by atoms with Crippen LogP contribution in [-0.4, -0.2) is 12.6 Å². The molecule has 0 aliphatic rings. The summed E-state index contributed by atoms with van der Waals surface area (Å²) in [5.74, 6) is -0.568. The van der Waals surface area contributed by atoms with Crippen LogP contribution in [0.1, 0.15) is 39.3 Å². The van der Waals surface area contributed by atoms with Crippen molar-refractivity contribution in [1.82, 2.24) is 0 Å². The first-order valence-corrected chi connectivity index (χ1v) is 9.48. The van der Waals surface area contributed by atoms with Gasteiger partial charge in [0.05, 0.1) is 6.61 Å². The summed E-state index contributed by atoms with van der Waals surface area (Å²) in [6.07, 6.45) is 2.23. The lowest BCUT2D eigenvalue weighted by atomic mass is 10.2. The summed E-state index contributed by atoms with van der Waals surface area (Å²) < 4.78 is 31.6. The van der Waals surface area contributed by atoms with E-state index in [1.54, 1.807) is 31.2 Å². The van der Waals surface area contributed by atoms with Crippen molar-refractivity contribution in [3.63, 3.8) is 0 Å². The van der Waals surface area contributed by atoms with Gasteiger partial charge in [-0.3, -0.25) is 4.79 Å². The Morgan fingerprint density at radius 3 is 1.93 bits per heavy atom. The van der Waals surface area contributed by atoms with Crippen molar-refractivity contribution in [3.8, 4) is 0 Å². The zero-order chi connectivity index (χ0) is 20.1. The number of carbonyl (C=O) groups excluding carboxylic acids is 1. The largest absolute Gasteiger partial charge is 0.466 e. The Kier molecular flexibility index (Phi) is 15.9. The normalized spacial score (nSPS) is 8.85. The molecule has 0 saturated carbocycles. The molecule has 2 nitrogen and oxygen atoms in total. The van der Waals surface area contributed by atoms with Crippen LogP contribution in [0.4, 0.5) is 8.78 Å². The number of hydrogen-bond donors (Lipinski definition) is 0. The van der Waals surface area contributed by atoms with E-state index in [0.717, 1.165) is 20.9 Å². The Balaban J connectivity index is 0. The van der Waals surface area contributed by atoms with Crippen molar-refractivity contribution in [2.45, 2.75) is 34.6 Å². The molecule has 150 valence electrons. The predicted octanol–water partition coefficient (Wildman–Crippen LogP) is 7.59. The number of benzene rings is 2. The third kappa shape index (κ3) is 12.5. The first kappa shape index (κ1) is 27.7. The Bertz CT molecular complexity index is 719. The third-order valence-electron chi connectivity index (χ3n) is 2.91. The van der Waals surface area contributed by atoms with Crippen molar-refractivity contribution in [2.75, 3.05) is 6.61 Å². The smallest absolute Gasteiger partial charge is 0.302 e. The lowest BCUT2D eigenvalue weighted by molar-refractivity contribution is -0.140. The van der Waals surface area contributed by atoms with E-state index in [0.29, 0.717) is 12.2 Å². The molecule has 2 aromatic rings. The maximum Gasteiger partial charge on any atom is 0.302 e. The van der Waals surface area contributed by atoms with Gasteiger partial charge in [-0.05, 0) is 55.3 Å². The molecule has 0 amide bonds. The van der Waals surface area contributed by atoms with E-state index in [2.05, 4.69) is 43.2 Å². The second kappa shape index (κ2) is 15.5. The number of ether oxygens (including phenoxy) is 1. The fourth-order valence-electron chi connectivity index (χ4n) is 1.69. The molecule has 0 heterocycles. The fraction of sp³-hybridized carbons (Fsp3) is 0.286. The second-order valence-corrected chi connectivity index (χ2v) is 6.72. The van der Waals surface area contributed by atoms with Gasteiger partial charge in [0.15, 0.2) is 0 Å². The standard InChI is InChI=1S/C8H8BrF.C8H6BrF.C4H8O2.CH4/c2*1-2-6-5-7(9)3-4-8(6)10;1-3-6-4(2)5;/h3-5H,2H2,1H3;2-5H,1H2;3H2,1-2H3;1H4. The number of hydrogen-bond acceptors (Lipinski definition) is 2. The summed E-state index contributed by atoms with van der Waals surface area (Å²) in [6.45, 7) is 9.06. The Morgan fingerprint density at radius 2 is 1.59 bits per heavy atom. The molecule has 27 heavy (non-hydrogen) atoms. The van der Waals surface area contributed by atoms with E-state index < -0.39 is 0 Å². The van der Waals surface area contributed by atoms with Gasteiger partial charge >= 0.3 is 5.97 Å². The maximum atomic E-state index is 12.7. The molecular weight excluding hydrogens is 482 g/mol. The van der Waals surface area contributed by atoms with Crippen LogP contribution in [0.3, 0.4) is 0 Å². The highest BCUT2D eigenvalue weighted by molar-refractivity contribution is 9.10. The number of rotatable bonds is 3.